The Balaban J connectivity index is 2.07. The Kier molecular flexibility index (Phi) is 3.18. The Hall–Kier alpha value is -1.86. The molecule has 1 N–H and O–H groups in total. The molecule has 0 fully saturated rings. The molecule has 2 aromatic heterocycles. The summed E-state index contributed by atoms with van der Waals surface area (Å²) in [4.78, 5) is 4.17. The van der Waals surface area contributed by atoms with Crippen LogP contribution < -0.4 is 5.32 Å². The van der Waals surface area contributed by atoms with E-state index in [2.05, 4.69) is 34.1 Å². The number of nitriles is 1. The van der Waals surface area contributed by atoms with Crippen molar-refractivity contribution in [1.29, 1.82) is 5.26 Å². The summed E-state index contributed by atoms with van der Waals surface area (Å²) >= 11 is 1.68. The maximum atomic E-state index is 8.65. The summed E-state index contributed by atoms with van der Waals surface area (Å²) in [7, 11) is 0. The number of thiophene rings is 1. The van der Waals surface area contributed by atoms with Crippen molar-refractivity contribution in [3.05, 3.63) is 46.3 Å². The Bertz CT molecular complexity index is 482. The Morgan fingerprint density at radius 3 is 2.88 bits per heavy atom. The molecular weight excluding hydrogens is 218 g/mol. The Morgan fingerprint density at radius 1 is 1.44 bits per heavy atom. The van der Waals surface area contributed by atoms with E-state index in [1.807, 2.05) is 12.1 Å². The summed E-state index contributed by atoms with van der Waals surface area (Å²) in [6, 6.07) is 7.94. The minimum Gasteiger partial charge on any atom is -0.364 e. The minimum atomic E-state index is 0.228. The van der Waals surface area contributed by atoms with Gasteiger partial charge in [-0.1, -0.05) is 0 Å². The zero-order valence-electron chi connectivity index (χ0n) is 8.84. The summed E-state index contributed by atoms with van der Waals surface area (Å²) < 4.78 is 0. The van der Waals surface area contributed by atoms with E-state index in [4.69, 9.17) is 5.26 Å². The van der Waals surface area contributed by atoms with Crippen molar-refractivity contribution in [2.24, 2.45) is 0 Å². The molecule has 0 amide bonds. The predicted octanol–water partition coefficient (Wildman–Crippen LogP) is 3.19. The third-order valence-corrected chi connectivity index (χ3v) is 3.00. The third-order valence-electron chi connectivity index (χ3n) is 2.30. The van der Waals surface area contributed by atoms with Crippen molar-refractivity contribution in [2.45, 2.75) is 13.0 Å². The van der Waals surface area contributed by atoms with Gasteiger partial charge in [0, 0.05) is 6.20 Å². The topological polar surface area (TPSA) is 48.7 Å². The molecule has 0 aliphatic heterocycles. The molecule has 0 saturated carbocycles. The average molecular weight is 229 g/mol. The second-order valence-corrected chi connectivity index (χ2v) is 4.25. The van der Waals surface area contributed by atoms with Gasteiger partial charge in [0.25, 0.3) is 0 Å². The summed E-state index contributed by atoms with van der Waals surface area (Å²) in [5.41, 5.74) is 1.82. The number of nitrogens with zero attached hydrogens (tertiary/aromatic N) is 2. The van der Waals surface area contributed by atoms with Gasteiger partial charge >= 0.3 is 0 Å². The first kappa shape index (κ1) is 10.7. The van der Waals surface area contributed by atoms with E-state index in [-0.39, 0.29) is 6.04 Å². The molecule has 0 aliphatic rings. The lowest BCUT2D eigenvalue weighted by atomic mass is 10.2. The molecule has 0 bridgehead atoms. The molecule has 0 radical (unpaired) electrons. The standard InChI is InChI=1S/C12H11N3S/c1-9(11-4-5-16-8-11)15-12-3-2-10(6-13)7-14-12/h2-5,7-9H,1H3,(H,14,15). The first-order chi connectivity index (χ1) is 7.79. The van der Waals surface area contributed by atoms with Crippen molar-refractivity contribution in [1.82, 2.24) is 4.98 Å². The number of anilines is 1. The normalized spacial score (nSPS) is 11.8. The van der Waals surface area contributed by atoms with Crippen LogP contribution in [-0.2, 0) is 0 Å². The fraction of sp³-hybridized carbons (Fsp3) is 0.167. The molecule has 4 heteroatoms. The van der Waals surface area contributed by atoms with Crippen LogP contribution in [0.3, 0.4) is 0 Å². The molecule has 0 aliphatic carbocycles. The summed E-state index contributed by atoms with van der Waals surface area (Å²) in [5, 5.41) is 16.1. The van der Waals surface area contributed by atoms with Gasteiger partial charge in [-0.05, 0) is 41.4 Å². The molecule has 0 aromatic carbocycles. The number of aromatic nitrogens is 1. The van der Waals surface area contributed by atoms with E-state index in [0.717, 1.165) is 5.82 Å². The molecular formula is C12H11N3S. The van der Waals surface area contributed by atoms with E-state index >= 15 is 0 Å². The van der Waals surface area contributed by atoms with Gasteiger partial charge < -0.3 is 5.32 Å². The second kappa shape index (κ2) is 4.77. The molecule has 3 nitrogen and oxygen atoms in total. The molecule has 2 rings (SSSR count). The van der Waals surface area contributed by atoms with E-state index in [0.29, 0.717) is 5.56 Å². The van der Waals surface area contributed by atoms with Crippen LogP contribution in [0.25, 0.3) is 0 Å². The van der Waals surface area contributed by atoms with Crippen molar-refractivity contribution < 1.29 is 0 Å². The quantitative estimate of drug-likeness (QED) is 0.879. The van der Waals surface area contributed by atoms with Crippen LogP contribution in [0.2, 0.25) is 0 Å². The number of hydrogen-bond acceptors (Lipinski definition) is 4. The molecule has 2 aromatic rings. The van der Waals surface area contributed by atoms with E-state index in [1.165, 1.54) is 5.56 Å². The van der Waals surface area contributed by atoms with Gasteiger partial charge in [0.2, 0.25) is 0 Å². The van der Waals surface area contributed by atoms with E-state index in [9.17, 15) is 0 Å². The maximum absolute atomic E-state index is 8.65. The second-order valence-electron chi connectivity index (χ2n) is 3.47. The van der Waals surface area contributed by atoms with Crippen molar-refractivity contribution in [2.75, 3.05) is 5.32 Å². The summed E-state index contributed by atoms with van der Waals surface area (Å²) in [5.74, 6) is 0.790. The highest BCUT2D eigenvalue weighted by atomic mass is 32.1. The van der Waals surface area contributed by atoms with Gasteiger partial charge in [-0.3, -0.25) is 0 Å². The van der Waals surface area contributed by atoms with E-state index in [1.54, 1.807) is 23.6 Å². The Labute approximate surface area is 98.4 Å². The van der Waals surface area contributed by atoms with Gasteiger partial charge in [0.05, 0.1) is 11.6 Å². The highest BCUT2D eigenvalue weighted by Crippen LogP contribution is 2.19. The molecule has 2 heterocycles. The van der Waals surface area contributed by atoms with Crippen molar-refractivity contribution in [3.63, 3.8) is 0 Å². The van der Waals surface area contributed by atoms with Gasteiger partial charge in [0.15, 0.2) is 0 Å². The predicted molar refractivity (Wildman–Crippen MR) is 65.3 cm³/mol. The fourth-order valence-corrected chi connectivity index (χ4v) is 2.13. The zero-order valence-corrected chi connectivity index (χ0v) is 9.66. The van der Waals surface area contributed by atoms with Gasteiger partial charge in [0.1, 0.15) is 11.9 Å². The monoisotopic (exact) mass is 229 g/mol. The maximum Gasteiger partial charge on any atom is 0.126 e. The third kappa shape index (κ3) is 2.38. The van der Waals surface area contributed by atoms with Crippen LogP contribution in [0, 0.1) is 11.3 Å². The number of pyridine rings is 1. The average Bonchev–Trinajstić information content (AvgIpc) is 2.83. The lowest BCUT2D eigenvalue weighted by Crippen LogP contribution is -2.06. The smallest absolute Gasteiger partial charge is 0.126 e. The van der Waals surface area contributed by atoms with Crippen LogP contribution >= 0.6 is 11.3 Å². The molecule has 0 saturated heterocycles. The zero-order chi connectivity index (χ0) is 11.4. The van der Waals surface area contributed by atoms with Crippen LogP contribution in [0.5, 0.6) is 0 Å². The highest BCUT2D eigenvalue weighted by molar-refractivity contribution is 7.07. The van der Waals surface area contributed by atoms with Crippen molar-refractivity contribution >= 4 is 17.2 Å². The van der Waals surface area contributed by atoms with Gasteiger partial charge in [-0.2, -0.15) is 16.6 Å². The van der Waals surface area contributed by atoms with Gasteiger partial charge in [-0.15, -0.1) is 0 Å². The van der Waals surface area contributed by atoms with Crippen LogP contribution in [0.1, 0.15) is 24.1 Å². The highest BCUT2D eigenvalue weighted by Gasteiger charge is 2.05. The van der Waals surface area contributed by atoms with E-state index < -0.39 is 0 Å². The lowest BCUT2D eigenvalue weighted by Gasteiger charge is -2.12. The summed E-state index contributed by atoms with van der Waals surface area (Å²) in [6.45, 7) is 2.09. The molecule has 1 atom stereocenters. The molecule has 16 heavy (non-hydrogen) atoms. The molecule has 80 valence electrons. The van der Waals surface area contributed by atoms with Gasteiger partial charge in [-0.25, -0.2) is 4.98 Å². The summed E-state index contributed by atoms with van der Waals surface area (Å²) in [6.07, 6.45) is 1.57. The fourth-order valence-electron chi connectivity index (χ4n) is 1.37. The first-order valence-electron chi connectivity index (χ1n) is 4.94. The number of hydrogen-bond donors (Lipinski definition) is 1. The molecule has 0 spiro atoms. The minimum absolute atomic E-state index is 0.228. The SMILES string of the molecule is CC(Nc1ccc(C#N)cn1)c1ccsc1. The number of nitrogens with one attached hydrogen (secondary N) is 1. The lowest BCUT2D eigenvalue weighted by molar-refractivity contribution is 0.880. The largest absolute Gasteiger partial charge is 0.364 e. The first-order valence-corrected chi connectivity index (χ1v) is 5.88. The molecule has 1 unspecified atom stereocenters. The van der Waals surface area contributed by atoms with Crippen LogP contribution in [0.4, 0.5) is 5.82 Å². The number of rotatable bonds is 3. The van der Waals surface area contributed by atoms with Crippen LogP contribution in [-0.4, -0.2) is 4.98 Å². The van der Waals surface area contributed by atoms with Crippen LogP contribution in [0.15, 0.2) is 35.2 Å². The Morgan fingerprint density at radius 2 is 2.31 bits per heavy atom. The van der Waals surface area contributed by atoms with Crippen molar-refractivity contribution in [3.8, 4) is 6.07 Å².